The average Bonchev–Trinajstić information content (AvgIpc) is 4.07. The Morgan fingerprint density at radius 2 is 0.587 bits per heavy atom. The van der Waals surface area contributed by atoms with Crippen molar-refractivity contribution in [3.05, 3.63) is 179 Å². The largest absolute Gasteiger partial charge is 0.465 e. The number of benzene rings is 6. The maximum absolute atomic E-state index is 13.1. The number of hydrogen-bond acceptors (Lipinski definition) is 15. The first-order chi connectivity index (χ1) is 36.6. The summed E-state index contributed by atoms with van der Waals surface area (Å²) < 4.78 is 34.1. The maximum Gasteiger partial charge on any atom is 0.367 e. The van der Waals surface area contributed by atoms with Gasteiger partial charge in [-0.25, -0.2) is 14.4 Å². The van der Waals surface area contributed by atoms with E-state index in [9.17, 15) is 28.8 Å². The van der Waals surface area contributed by atoms with Gasteiger partial charge in [0.05, 0.1) is 24.7 Å². The van der Waals surface area contributed by atoms with E-state index in [2.05, 4.69) is 36.4 Å². The van der Waals surface area contributed by atoms with Gasteiger partial charge in [0, 0.05) is 35.0 Å². The van der Waals surface area contributed by atoms with Crippen LogP contribution in [0.1, 0.15) is 83.7 Å². The molecule has 0 amide bonds. The second kappa shape index (κ2) is 25.1. The summed E-state index contributed by atoms with van der Waals surface area (Å²) in [6.07, 6.45) is -0.0738. The van der Waals surface area contributed by atoms with Gasteiger partial charge in [0.2, 0.25) is 0 Å². The van der Waals surface area contributed by atoms with Gasteiger partial charge in [-0.2, -0.15) is 0 Å². The molecule has 0 radical (unpaired) electrons. The quantitative estimate of drug-likeness (QED) is 0.0467. The smallest absolute Gasteiger partial charge is 0.367 e. The molecule has 0 atom stereocenters. The number of rotatable bonds is 22. The lowest BCUT2D eigenvalue weighted by Gasteiger charge is -2.31. The third-order valence-electron chi connectivity index (χ3n) is 13.9. The summed E-state index contributed by atoms with van der Waals surface area (Å²) in [5, 5.41) is -1.54. The third kappa shape index (κ3) is 12.8. The van der Waals surface area contributed by atoms with Crippen molar-refractivity contribution in [1.82, 2.24) is 0 Å². The second-order valence-electron chi connectivity index (χ2n) is 18.5. The molecule has 3 aliphatic carbocycles. The number of esters is 3. The Balaban J connectivity index is 0.735. The molecular weight excluding hydrogens is 1010 g/mol. The van der Waals surface area contributed by atoms with Crippen molar-refractivity contribution >= 4 is 69.1 Å². The van der Waals surface area contributed by atoms with Crippen molar-refractivity contribution in [2.75, 3.05) is 56.9 Å². The van der Waals surface area contributed by atoms with Gasteiger partial charge in [-0.3, -0.25) is 14.4 Å². The fourth-order valence-electron chi connectivity index (χ4n) is 9.90. The molecular formula is C60H56O12S3. The normalized spacial score (nSPS) is 13.1. The van der Waals surface area contributed by atoms with E-state index in [0.717, 1.165) is 102 Å². The first kappa shape index (κ1) is 53.0. The molecule has 0 saturated heterocycles. The fraction of sp³-hybridized carbons (Fsp3) is 0.300. The summed E-state index contributed by atoms with van der Waals surface area (Å²) in [6, 6.07) is 48.3. The molecule has 3 aliphatic rings. The highest BCUT2D eigenvalue weighted by Crippen LogP contribution is 2.47. The second-order valence-corrected chi connectivity index (χ2v) is 21.6. The minimum atomic E-state index is -1.14. The van der Waals surface area contributed by atoms with Gasteiger partial charge in [-0.1, -0.05) is 153 Å². The Morgan fingerprint density at radius 1 is 0.360 bits per heavy atom. The molecule has 12 nitrogen and oxygen atoms in total. The molecule has 0 spiro atoms. The van der Waals surface area contributed by atoms with Crippen molar-refractivity contribution in [2.24, 2.45) is 5.41 Å². The van der Waals surface area contributed by atoms with Crippen molar-refractivity contribution in [1.29, 1.82) is 0 Å². The monoisotopic (exact) mass is 1060 g/mol. The fourth-order valence-corrected chi connectivity index (χ4v) is 11.7. The van der Waals surface area contributed by atoms with Crippen molar-refractivity contribution in [3.8, 4) is 33.4 Å². The number of thioether (sulfide) groups is 3. The van der Waals surface area contributed by atoms with E-state index >= 15 is 0 Å². The summed E-state index contributed by atoms with van der Waals surface area (Å²) in [5.74, 6) is -1.83. The molecule has 0 fully saturated rings. The first-order valence-electron chi connectivity index (χ1n) is 25.0. The summed E-state index contributed by atoms with van der Waals surface area (Å²) in [5.41, 5.74) is 12.1. The van der Waals surface area contributed by atoms with Gasteiger partial charge in [0.1, 0.15) is 39.6 Å². The molecule has 0 aliphatic heterocycles. The van der Waals surface area contributed by atoms with Gasteiger partial charge in [0.15, 0.2) is 0 Å². The summed E-state index contributed by atoms with van der Waals surface area (Å²) in [7, 11) is 0. The molecule has 75 heavy (non-hydrogen) atoms. The maximum atomic E-state index is 13.1. The molecule has 0 bridgehead atoms. The van der Waals surface area contributed by atoms with E-state index in [1.165, 1.54) is 0 Å². The van der Waals surface area contributed by atoms with Gasteiger partial charge >= 0.3 is 33.8 Å². The number of hydrogen-bond donors (Lipinski definition) is 0. The Kier molecular flexibility index (Phi) is 17.8. The molecule has 0 N–H and O–H groups in total. The van der Waals surface area contributed by atoms with Crippen LogP contribution in [-0.4, -0.2) is 90.7 Å². The van der Waals surface area contributed by atoms with E-state index in [0.29, 0.717) is 0 Å². The number of fused-ring (bicyclic) bond motifs is 9. The lowest BCUT2D eigenvalue weighted by molar-refractivity contribution is -0.161. The Morgan fingerprint density at radius 3 is 0.813 bits per heavy atom. The van der Waals surface area contributed by atoms with Gasteiger partial charge in [-0.15, -0.1) is 0 Å². The third-order valence-corrected chi connectivity index (χ3v) is 16.2. The zero-order chi connectivity index (χ0) is 52.2. The predicted octanol–water partition coefficient (Wildman–Crippen LogP) is 13.2. The van der Waals surface area contributed by atoms with E-state index in [1.54, 1.807) is 6.92 Å². The molecule has 0 aromatic heterocycles. The highest BCUT2D eigenvalue weighted by Gasteiger charge is 2.36. The van der Waals surface area contributed by atoms with Crippen molar-refractivity contribution in [2.45, 2.75) is 50.4 Å². The standard InChI is InChI=1S/C60H56O12S3/c1-2-60(36-70-54(61)27-30-73-57(64)67-33-51-45-21-9-3-15-39(45)40-16-4-10-22-46(40)51,37-71-55(62)28-31-74-58(65)68-34-52-47-23-11-5-17-41(47)42-18-6-12-24-48(42)52)38-72-56(63)29-32-75-59(66)69-35-53-49-25-13-7-19-43(49)44-20-8-14-26-50(44)53/h3-26,51-53H,2,27-38H2,1H3. The number of carbonyl (C=O) groups excluding carboxylic acids is 6. The predicted molar refractivity (Wildman–Crippen MR) is 292 cm³/mol. The van der Waals surface area contributed by atoms with Crippen LogP contribution < -0.4 is 0 Å². The van der Waals surface area contributed by atoms with Gasteiger partial charge < -0.3 is 28.4 Å². The SMILES string of the molecule is CCC(COC(=O)CCSC(=O)OCC1c2ccccc2-c2ccccc21)(COC(=O)CCSC(=O)OCC1c2ccccc2-c2ccccc21)COC(=O)CCSC(=O)OCC1c2ccccc2-c2ccccc21. The molecule has 15 heteroatoms. The van der Waals surface area contributed by atoms with Crippen LogP contribution in [0.4, 0.5) is 14.4 Å². The minimum absolute atomic E-state index is 0.0985. The Hall–Kier alpha value is -6.81. The van der Waals surface area contributed by atoms with Crippen LogP contribution in [0.25, 0.3) is 33.4 Å². The van der Waals surface area contributed by atoms with Crippen LogP contribution in [0.2, 0.25) is 0 Å². The highest BCUT2D eigenvalue weighted by molar-refractivity contribution is 8.13. The minimum Gasteiger partial charge on any atom is -0.465 e. The molecule has 9 rings (SSSR count). The van der Waals surface area contributed by atoms with Gasteiger partial charge in [-0.05, 0) is 108 Å². The van der Waals surface area contributed by atoms with Crippen LogP contribution >= 0.6 is 35.3 Å². The number of ether oxygens (including phenoxy) is 6. The Bertz CT molecular complexity index is 2610. The summed E-state index contributed by atoms with van der Waals surface area (Å²) in [4.78, 5) is 78.0. The summed E-state index contributed by atoms with van der Waals surface area (Å²) >= 11 is 2.62. The molecule has 386 valence electrons. The molecule has 0 heterocycles. The molecule has 0 saturated carbocycles. The molecule has 6 aromatic rings. The van der Waals surface area contributed by atoms with E-state index in [1.807, 2.05) is 109 Å². The topological polar surface area (TPSA) is 158 Å². The number of carbonyl (C=O) groups is 6. The van der Waals surface area contributed by atoms with Crippen LogP contribution in [0, 0.1) is 5.41 Å². The van der Waals surface area contributed by atoms with Crippen LogP contribution in [-0.2, 0) is 42.8 Å². The van der Waals surface area contributed by atoms with E-state index < -0.39 is 39.2 Å². The first-order valence-corrected chi connectivity index (χ1v) is 28.0. The highest BCUT2D eigenvalue weighted by atomic mass is 32.2. The molecule has 0 unspecified atom stereocenters. The van der Waals surface area contributed by atoms with E-state index in [4.69, 9.17) is 28.4 Å². The van der Waals surface area contributed by atoms with Crippen molar-refractivity contribution < 1.29 is 57.2 Å². The van der Waals surface area contributed by atoms with Crippen LogP contribution in [0.5, 0.6) is 0 Å². The summed E-state index contributed by atoms with van der Waals surface area (Å²) in [6.45, 7) is 1.47. The van der Waals surface area contributed by atoms with E-state index in [-0.39, 0.29) is 100 Å². The lowest BCUT2D eigenvalue weighted by Crippen LogP contribution is -2.39. The van der Waals surface area contributed by atoms with Gasteiger partial charge in [0.25, 0.3) is 0 Å². The van der Waals surface area contributed by atoms with Crippen LogP contribution in [0.15, 0.2) is 146 Å². The molecule has 6 aromatic carbocycles. The zero-order valence-corrected chi connectivity index (χ0v) is 43.9. The average molecular weight is 1070 g/mol. The Labute approximate surface area is 448 Å². The lowest BCUT2D eigenvalue weighted by atomic mass is 9.88. The zero-order valence-electron chi connectivity index (χ0n) is 41.4. The van der Waals surface area contributed by atoms with Crippen molar-refractivity contribution in [3.63, 3.8) is 0 Å². The van der Waals surface area contributed by atoms with Crippen LogP contribution in [0.3, 0.4) is 0 Å².